The number of sulfone groups is 1. The van der Waals surface area contributed by atoms with Gasteiger partial charge in [-0.15, -0.1) is 11.8 Å². The summed E-state index contributed by atoms with van der Waals surface area (Å²) in [5, 5.41) is 1.90. The summed E-state index contributed by atoms with van der Waals surface area (Å²) in [5.41, 5.74) is 0. The van der Waals surface area contributed by atoms with Crippen molar-refractivity contribution in [2.75, 3.05) is 0 Å². The highest BCUT2D eigenvalue weighted by molar-refractivity contribution is 8.12. The molecule has 1 aromatic rings. The van der Waals surface area contributed by atoms with Crippen molar-refractivity contribution in [1.82, 2.24) is 0 Å². The van der Waals surface area contributed by atoms with Crippen molar-refractivity contribution < 1.29 is 8.42 Å². The van der Waals surface area contributed by atoms with Gasteiger partial charge in [0.2, 0.25) is 9.84 Å². The average Bonchev–Trinajstić information content (AvgIpc) is 3.13. The molecule has 19 heavy (non-hydrogen) atoms. The van der Waals surface area contributed by atoms with Gasteiger partial charge in [0, 0.05) is 15.6 Å². The Morgan fingerprint density at radius 1 is 1.16 bits per heavy atom. The third-order valence-corrected chi connectivity index (χ3v) is 6.04. The molecule has 0 saturated carbocycles. The standard InChI is InChI=1S/C15H20O2S2/c1-2-3-4-8-11-14-15(18-14)12-19(16,17)13-9-6-5-7-10-13/h5-7,9-10,12,14H,2-4,8,11H2,1H3/b15-12+. The maximum atomic E-state index is 12.1. The largest absolute Gasteiger partial charge is 0.219 e. The van der Waals surface area contributed by atoms with E-state index >= 15 is 0 Å². The van der Waals surface area contributed by atoms with Gasteiger partial charge in [-0.25, -0.2) is 8.42 Å². The molecule has 1 heterocycles. The predicted molar refractivity (Wildman–Crippen MR) is 81.8 cm³/mol. The lowest BCUT2D eigenvalue weighted by Crippen LogP contribution is -1.96. The van der Waals surface area contributed by atoms with E-state index < -0.39 is 9.84 Å². The van der Waals surface area contributed by atoms with Crippen molar-refractivity contribution >= 4 is 21.6 Å². The number of thioether (sulfide) groups is 1. The second-order valence-electron chi connectivity index (χ2n) is 4.83. The van der Waals surface area contributed by atoms with Crippen LogP contribution in [0.15, 0.2) is 45.5 Å². The van der Waals surface area contributed by atoms with Gasteiger partial charge in [0.15, 0.2) is 0 Å². The van der Waals surface area contributed by atoms with Crippen LogP contribution in [0.4, 0.5) is 0 Å². The van der Waals surface area contributed by atoms with Gasteiger partial charge in [0.05, 0.1) is 4.90 Å². The van der Waals surface area contributed by atoms with E-state index in [2.05, 4.69) is 6.92 Å². The second-order valence-corrected chi connectivity index (χ2v) is 7.91. The SMILES string of the molecule is CCCCCCC1S/C1=C/S(=O)(=O)c1ccccc1. The molecule has 1 aliphatic rings. The molecule has 0 aromatic heterocycles. The third kappa shape index (κ3) is 4.39. The van der Waals surface area contributed by atoms with Gasteiger partial charge in [-0.1, -0.05) is 50.8 Å². The molecule has 1 saturated heterocycles. The molecule has 1 fully saturated rings. The van der Waals surface area contributed by atoms with E-state index in [9.17, 15) is 8.42 Å². The maximum Gasteiger partial charge on any atom is 0.200 e. The van der Waals surface area contributed by atoms with Gasteiger partial charge in [-0.3, -0.25) is 0 Å². The minimum atomic E-state index is -3.25. The third-order valence-electron chi connectivity index (χ3n) is 3.20. The lowest BCUT2D eigenvalue weighted by Gasteiger charge is -1.97. The zero-order valence-electron chi connectivity index (χ0n) is 11.2. The van der Waals surface area contributed by atoms with Crippen LogP contribution < -0.4 is 0 Å². The molecule has 1 atom stereocenters. The van der Waals surface area contributed by atoms with E-state index in [4.69, 9.17) is 0 Å². The molecule has 0 N–H and O–H groups in total. The first-order valence-corrected chi connectivity index (χ1v) is 9.24. The normalized spacial score (nSPS) is 20.7. The highest BCUT2D eigenvalue weighted by atomic mass is 32.2. The number of hydrogen-bond acceptors (Lipinski definition) is 3. The van der Waals surface area contributed by atoms with Gasteiger partial charge in [0.25, 0.3) is 0 Å². The first-order chi connectivity index (χ1) is 9.13. The van der Waals surface area contributed by atoms with Gasteiger partial charge in [0.1, 0.15) is 0 Å². The van der Waals surface area contributed by atoms with Gasteiger partial charge in [-0.05, 0) is 18.6 Å². The molecule has 104 valence electrons. The minimum absolute atomic E-state index is 0.389. The summed E-state index contributed by atoms with van der Waals surface area (Å²) in [6, 6.07) is 8.64. The van der Waals surface area contributed by atoms with E-state index in [1.54, 1.807) is 36.0 Å². The van der Waals surface area contributed by atoms with Crippen molar-refractivity contribution in [3.05, 3.63) is 40.6 Å². The van der Waals surface area contributed by atoms with Crippen molar-refractivity contribution in [3.63, 3.8) is 0 Å². The highest BCUT2D eigenvalue weighted by Crippen LogP contribution is 2.49. The monoisotopic (exact) mass is 296 g/mol. The van der Waals surface area contributed by atoms with Crippen molar-refractivity contribution in [1.29, 1.82) is 0 Å². The Balaban J connectivity index is 1.90. The van der Waals surface area contributed by atoms with Crippen molar-refractivity contribution in [2.24, 2.45) is 0 Å². The molecule has 1 aliphatic heterocycles. The Morgan fingerprint density at radius 3 is 2.58 bits per heavy atom. The summed E-state index contributed by atoms with van der Waals surface area (Å²) >= 11 is 1.70. The summed E-state index contributed by atoms with van der Waals surface area (Å²) in [6.45, 7) is 2.20. The molecule has 2 nitrogen and oxygen atoms in total. The van der Waals surface area contributed by atoms with Crippen LogP contribution in [-0.2, 0) is 9.84 Å². The molecular weight excluding hydrogens is 276 g/mol. The molecule has 0 amide bonds. The van der Waals surface area contributed by atoms with Crippen molar-refractivity contribution in [2.45, 2.75) is 49.2 Å². The minimum Gasteiger partial charge on any atom is -0.219 e. The summed E-state index contributed by atoms with van der Waals surface area (Å²) in [4.78, 5) is 1.42. The Bertz CT molecular complexity index is 533. The summed E-state index contributed by atoms with van der Waals surface area (Å²) < 4.78 is 24.2. The van der Waals surface area contributed by atoms with E-state index in [-0.39, 0.29) is 0 Å². The van der Waals surface area contributed by atoms with Crippen LogP contribution in [0.25, 0.3) is 0 Å². The summed E-state index contributed by atoms with van der Waals surface area (Å²) in [7, 11) is -3.25. The smallest absolute Gasteiger partial charge is 0.200 e. The van der Waals surface area contributed by atoms with E-state index in [1.165, 1.54) is 31.1 Å². The number of benzene rings is 1. The van der Waals surface area contributed by atoms with Crippen LogP contribution in [-0.4, -0.2) is 13.7 Å². The van der Waals surface area contributed by atoms with Crippen LogP contribution in [0.2, 0.25) is 0 Å². The second kappa shape index (κ2) is 6.62. The fourth-order valence-electron chi connectivity index (χ4n) is 2.02. The molecule has 0 bridgehead atoms. The Morgan fingerprint density at radius 2 is 1.89 bits per heavy atom. The maximum absolute atomic E-state index is 12.1. The first-order valence-electron chi connectivity index (χ1n) is 6.82. The van der Waals surface area contributed by atoms with Crippen LogP contribution in [0.3, 0.4) is 0 Å². The first kappa shape index (κ1) is 14.7. The lowest BCUT2D eigenvalue weighted by molar-refractivity contribution is 0.604. The molecule has 4 heteroatoms. The highest BCUT2D eigenvalue weighted by Gasteiger charge is 2.32. The Labute approximate surface area is 120 Å². The van der Waals surface area contributed by atoms with Gasteiger partial charge < -0.3 is 0 Å². The average molecular weight is 296 g/mol. The molecular formula is C15H20O2S2. The van der Waals surface area contributed by atoms with Crippen LogP contribution in [0.1, 0.15) is 39.0 Å². The number of rotatable bonds is 7. The molecule has 1 aromatic carbocycles. The fraction of sp³-hybridized carbons (Fsp3) is 0.467. The summed E-state index contributed by atoms with van der Waals surface area (Å²) in [5.74, 6) is 0. The van der Waals surface area contributed by atoms with Crippen LogP contribution in [0, 0.1) is 0 Å². The van der Waals surface area contributed by atoms with E-state index in [0.717, 1.165) is 11.3 Å². The Hall–Kier alpha value is -0.740. The lowest BCUT2D eigenvalue weighted by atomic mass is 10.1. The van der Waals surface area contributed by atoms with E-state index in [1.807, 2.05) is 6.07 Å². The van der Waals surface area contributed by atoms with E-state index in [0.29, 0.717) is 10.1 Å². The van der Waals surface area contributed by atoms with Crippen LogP contribution >= 0.6 is 11.8 Å². The number of hydrogen-bond donors (Lipinski definition) is 0. The molecule has 0 aliphatic carbocycles. The Kier molecular flexibility index (Phi) is 5.11. The molecule has 0 radical (unpaired) electrons. The number of unbranched alkanes of at least 4 members (excludes halogenated alkanes) is 3. The predicted octanol–water partition coefficient (Wildman–Crippen LogP) is 4.39. The molecule has 1 unspecified atom stereocenters. The zero-order valence-corrected chi connectivity index (χ0v) is 12.8. The van der Waals surface area contributed by atoms with Gasteiger partial charge >= 0.3 is 0 Å². The summed E-state index contributed by atoms with van der Waals surface area (Å²) in [6.07, 6.45) is 6.09. The van der Waals surface area contributed by atoms with Gasteiger partial charge in [-0.2, -0.15) is 0 Å². The fourth-order valence-corrected chi connectivity index (χ4v) is 4.58. The quantitative estimate of drug-likeness (QED) is 0.553. The van der Waals surface area contributed by atoms with Crippen molar-refractivity contribution in [3.8, 4) is 0 Å². The van der Waals surface area contributed by atoms with Crippen LogP contribution in [0.5, 0.6) is 0 Å². The molecule has 2 rings (SSSR count). The zero-order chi connectivity index (χ0) is 13.7. The topological polar surface area (TPSA) is 34.1 Å². The molecule has 0 spiro atoms.